The van der Waals surface area contributed by atoms with Crippen molar-refractivity contribution in [1.82, 2.24) is 19.5 Å². The first-order chi connectivity index (χ1) is 22.3. The van der Waals surface area contributed by atoms with Crippen LogP contribution in [0.15, 0.2) is 18.5 Å². The number of aryl methyl sites for hydroxylation is 3. The van der Waals surface area contributed by atoms with Crippen molar-refractivity contribution in [2.45, 2.75) is 143 Å². The fourth-order valence-corrected chi connectivity index (χ4v) is 19.7. The van der Waals surface area contributed by atoms with E-state index in [1.807, 2.05) is 18.4 Å². The average Bonchev–Trinajstić information content (AvgIpc) is 3.49. The van der Waals surface area contributed by atoms with Gasteiger partial charge in [-0.05, 0) is 73.7 Å². The molecule has 14 heteroatoms. The Hall–Kier alpha value is -2.18. The van der Waals surface area contributed by atoms with Crippen LogP contribution in [-0.4, -0.2) is 69.9 Å². The standard InChI is InChI=1S/C34H57N5O6Si3/c1-19(2)47(20(3)4)40-17-26-29(44-48(45-47,21(5)6)22(7)8)30(43-46(12,13)14)33(41-26)39-18-36-27-31(39)37-34(35)38-32(27)42-28-24(10)15-23(9)16-25(28)11/h15-16,18-22,26,29-30,33H,17H2,1-14H3,(H2,35,37,38)/t26-,29-,30-,33-/m1/s1. The molecule has 11 nitrogen and oxygen atoms in total. The van der Waals surface area contributed by atoms with E-state index in [1.54, 1.807) is 6.33 Å². The van der Waals surface area contributed by atoms with Crippen molar-refractivity contribution in [3.05, 3.63) is 35.2 Å². The fourth-order valence-electron chi connectivity index (χ4n) is 7.47. The van der Waals surface area contributed by atoms with Gasteiger partial charge in [-0.25, -0.2) is 4.98 Å². The number of anilines is 1. The van der Waals surface area contributed by atoms with Crippen LogP contribution in [0, 0.1) is 20.8 Å². The summed E-state index contributed by atoms with van der Waals surface area (Å²) in [6.45, 7) is 30.8. The summed E-state index contributed by atoms with van der Waals surface area (Å²) < 4.78 is 44.3. The van der Waals surface area contributed by atoms with Gasteiger partial charge in [-0.15, -0.1) is 0 Å². The third-order valence-electron chi connectivity index (χ3n) is 9.59. The third-order valence-corrected chi connectivity index (χ3v) is 20.8. The van der Waals surface area contributed by atoms with Crippen LogP contribution in [0.25, 0.3) is 11.2 Å². The minimum absolute atomic E-state index is 0.0806. The van der Waals surface area contributed by atoms with Gasteiger partial charge in [0.1, 0.15) is 24.1 Å². The first-order valence-corrected chi connectivity index (χ1v) is 24.8. The van der Waals surface area contributed by atoms with Gasteiger partial charge in [0.25, 0.3) is 5.88 Å². The molecule has 4 heterocycles. The summed E-state index contributed by atoms with van der Waals surface area (Å²) in [6, 6.07) is 4.17. The fraction of sp³-hybridized carbons (Fsp3) is 0.676. The van der Waals surface area contributed by atoms with E-state index < -0.39 is 43.9 Å². The van der Waals surface area contributed by atoms with Crippen molar-refractivity contribution >= 4 is 42.6 Å². The molecule has 2 saturated heterocycles. The Bertz CT molecular complexity index is 1590. The summed E-state index contributed by atoms with van der Waals surface area (Å²) in [6.07, 6.45) is -0.165. The van der Waals surface area contributed by atoms with Crippen LogP contribution in [0.4, 0.5) is 5.95 Å². The molecule has 3 aromatic rings. The SMILES string of the molecule is Cc1cc(C)c(Oc2nc(N)nc3c2ncn3[C@@H]2O[C@@H]3CO[Si](C(C)C)(C(C)C)O[Si](C(C)C)(C(C)C)O[C@H]3[C@H]2O[Si](C)(C)C)c(C)c1. The maximum atomic E-state index is 7.47. The molecule has 2 fully saturated rings. The van der Waals surface area contributed by atoms with Gasteiger partial charge >= 0.3 is 17.1 Å². The van der Waals surface area contributed by atoms with Gasteiger partial charge in [-0.3, -0.25) is 4.57 Å². The number of fused-ring (bicyclic) bond motifs is 2. The van der Waals surface area contributed by atoms with E-state index in [0.717, 1.165) is 22.4 Å². The Morgan fingerprint density at radius 1 is 0.896 bits per heavy atom. The van der Waals surface area contributed by atoms with Gasteiger partial charge in [-0.2, -0.15) is 9.97 Å². The summed E-state index contributed by atoms with van der Waals surface area (Å²) in [4.78, 5) is 13.9. The molecule has 2 aromatic heterocycles. The number of rotatable bonds is 9. The zero-order valence-electron chi connectivity index (χ0n) is 31.4. The number of aromatic nitrogens is 4. The highest BCUT2D eigenvalue weighted by Crippen LogP contribution is 2.49. The van der Waals surface area contributed by atoms with E-state index in [9.17, 15) is 0 Å². The highest BCUT2D eigenvalue weighted by atomic mass is 28.5. The van der Waals surface area contributed by atoms with Crippen molar-refractivity contribution in [3.8, 4) is 11.6 Å². The lowest BCUT2D eigenvalue weighted by atomic mass is 10.1. The first kappa shape index (κ1) is 37.1. The molecule has 0 spiro atoms. The highest BCUT2D eigenvalue weighted by molar-refractivity contribution is 6.84. The maximum Gasteiger partial charge on any atom is 0.335 e. The summed E-state index contributed by atoms with van der Waals surface area (Å²) in [7, 11) is -7.82. The number of benzene rings is 1. The number of hydrogen-bond donors (Lipinski definition) is 1. The van der Waals surface area contributed by atoms with Crippen LogP contribution in [0.5, 0.6) is 11.6 Å². The molecule has 0 saturated carbocycles. The van der Waals surface area contributed by atoms with Crippen LogP contribution < -0.4 is 10.5 Å². The van der Waals surface area contributed by atoms with E-state index in [-0.39, 0.29) is 34.2 Å². The van der Waals surface area contributed by atoms with Crippen LogP contribution in [0.1, 0.15) is 78.3 Å². The van der Waals surface area contributed by atoms with Gasteiger partial charge in [0.2, 0.25) is 5.95 Å². The molecule has 266 valence electrons. The number of imidazole rings is 1. The molecule has 2 aliphatic rings. The summed E-state index contributed by atoms with van der Waals surface area (Å²) >= 11 is 0. The van der Waals surface area contributed by atoms with E-state index in [1.165, 1.54) is 0 Å². The van der Waals surface area contributed by atoms with Gasteiger partial charge in [0, 0.05) is 0 Å². The molecule has 0 amide bonds. The lowest BCUT2D eigenvalue weighted by Gasteiger charge is -2.51. The lowest BCUT2D eigenvalue weighted by molar-refractivity contribution is -0.0564. The van der Waals surface area contributed by atoms with Gasteiger partial charge < -0.3 is 32.6 Å². The molecule has 0 unspecified atom stereocenters. The molecule has 2 aliphatic heterocycles. The van der Waals surface area contributed by atoms with Crippen LogP contribution in [-0.2, 0) is 22.1 Å². The summed E-state index contributed by atoms with van der Waals surface area (Å²) in [5.74, 6) is 1.10. The molecule has 48 heavy (non-hydrogen) atoms. The van der Waals surface area contributed by atoms with E-state index in [4.69, 9.17) is 37.6 Å². The zero-order chi connectivity index (χ0) is 35.5. The van der Waals surface area contributed by atoms with Crippen LogP contribution in [0.3, 0.4) is 0 Å². The molecule has 0 radical (unpaired) electrons. The van der Waals surface area contributed by atoms with Gasteiger partial charge in [-0.1, -0.05) is 73.1 Å². The van der Waals surface area contributed by atoms with E-state index >= 15 is 0 Å². The largest absolute Gasteiger partial charge is 0.436 e. The number of hydrogen-bond acceptors (Lipinski definition) is 10. The number of nitrogens with two attached hydrogens (primary N) is 1. The van der Waals surface area contributed by atoms with Crippen molar-refractivity contribution in [3.63, 3.8) is 0 Å². The first-order valence-electron chi connectivity index (χ1n) is 17.4. The number of ether oxygens (including phenoxy) is 2. The topological polar surface area (TPSA) is 125 Å². The van der Waals surface area contributed by atoms with E-state index in [0.29, 0.717) is 23.7 Å². The summed E-state index contributed by atoms with van der Waals surface area (Å²) in [5.41, 5.74) is 11.3. The predicted octanol–water partition coefficient (Wildman–Crippen LogP) is 8.20. The van der Waals surface area contributed by atoms with Crippen molar-refractivity contribution in [2.24, 2.45) is 0 Å². The molecule has 5 rings (SSSR count). The summed E-state index contributed by atoms with van der Waals surface area (Å²) in [5, 5.41) is 0. The van der Waals surface area contributed by atoms with Crippen molar-refractivity contribution in [2.75, 3.05) is 12.3 Å². The molecular formula is C34H57N5O6Si3. The zero-order valence-corrected chi connectivity index (χ0v) is 34.4. The molecule has 4 atom stereocenters. The molecule has 0 bridgehead atoms. The Morgan fingerprint density at radius 2 is 1.48 bits per heavy atom. The Balaban J connectivity index is 1.63. The van der Waals surface area contributed by atoms with Crippen molar-refractivity contribution < 1.29 is 26.9 Å². The molecule has 0 aliphatic carbocycles. The minimum atomic E-state index is -2.93. The molecular weight excluding hydrogens is 659 g/mol. The number of nitrogens with zero attached hydrogens (tertiary/aromatic N) is 4. The second-order valence-electron chi connectivity index (χ2n) is 15.9. The molecule has 2 N–H and O–H groups in total. The predicted molar refractivity (Wildman–Crippen MR) is 196 cm³/mol. The second kappa shape index (κ2) is 13.5. The van der Waals surface area contributed by atoms with Crippen LogP contribution in [0.2, 0.25) is 41.8 Å². The van der Waals surface area contributed by atoms with Crippen molar-refractivity contribution in [1.29, 1.82) is 0 Å². The second-order valence-corrected chi connectivity index (χ2v) is 29.2. The van der Waals surface area contributed by atoms with E-state index in [2.05, 4.69) is 104 Å². The Kier molecular flexibility index (Phi) is 10.4. The maximum absolute atomic E-state index is 7.47. The quantitative estimate of drug-likeness (QED) is 0.217. The normalized spacial score (nSPS) is 24.5. The average molecular weight is 716 g/mol. The lowest BCUT2D eigenvalue weighted by Crippen LogP contribution is -2.66. The highest BCUT2D eigenvalue weighted by Gasteiger charge is 2.62. The monoisotopic (exact) mass is 715 g/mol. The molecule has 1 aromatic carbocycles. The minimum Gasteiger partial charge on any atom is -0.436 e. The van der Waals surface area contributed by atoms with Crippen LogP contribution >= 0.6 is 0 Å². The third kappa shape index (κ3) is 6.79. The Labute approximate surface area is 289 Å². The smallest absolute Gasteiger partial charge is 0.335 e. The number of nitrogen functional groups attached to an aromatic ring is 1. The van der Waals surface area contributed by atoms with Gasteiger partial charge in [0.15, 0.2) is 25.7 Å². The van der Waals surface area contributed by atoms with Gasteiger partial charge in [0.05, 0.1) is 12.9 Å². The Morgan fingerprint density at radius 3 is 2.02 bits per heavy atom.